The van der Waals surface area contributed by atoms with Gasteiger partial charge in [0, 0.05) is 18.3 Å². The smallest absolute Gasteiger partial charge is 0.319 e. The molecule has 0 spiro atoms. The van der Waals surface area contributed by atoms with E-state index in [1.807, 2.05) is 19.1 Å². The molecule has 1 unspecified atom stereocenters. The predicted octanol–water partition coefficient (Wildman–Crippen LogP) is 4.49. The van der Waals surface area contributed by atoms with Crippen molar-refractivity contribution < 1.29 is 9.63 Å². The number of anilines is 3. The largest absolute Gasteiger partial charge is 0.399 e. The summed E-state index contributed by atoms with van der Waals surface area (Å²) in [6, 6.07) is 7.92. The van der Waals surface area contributed by atoms with Crippen molar-refractivity contribution >= 4 is 29.6 Å². The Balaban J connectivity index is 1.53. The van der Waals surface area contributed by atoms with Crippen molar-refractivity contribution in [3.63, 3.8) is 0 Å². The molecule has 2 aromatic rings. The fourth-order valence-electron chi connectivity index (χ4n) is 4.10. The molecule has 0 radical (unpaired) electrons. The van der Waals surface area contributed by atoms with Crippen LogP contribution in [0.15, 0.2) is 35.7 Å². The van der Waals surface area contributed by atoms with E-state index in [1.54, 1.807) is 0 Å². The zero-order valence-corrected chi connectivity index (χ0v) is 19.5. The molecule has 1 saturated carbocycles. The first kappa shape index (κ1) is 24.3. The number of rotatable bonds is 9. The Morgan fingerprint density at radius 1 is 1.21 bits per heavy atom. The Labute approximate surface area is 195 Å². The van der Waals surface area contributed by atoms with Crippen LogP contribution in [0.25, 0.3) is 0 Å². The highest BCUT2D eigenvalue weighted by Gasteiger charge is 2.16. The summed E-state index contributed by atoms with van der Waals surface area (Å²) in [5, 5.41) is 12.9. The number of nitrogens with zero attached hydrogens (tertiary/aromatic N) is 3. The van der Waals surface area contributed by atoms with Crippen LogP contribution in [0.1, 0.15) is 68.9 Å². The number of nitrogens with one attached hydrogen (secondary N) is 3. The standard InChI is InChI=1S/C24H35N7O2/c1-3-19(14-26-23-21(15-29-33-2)22(25)27-16-28-23)30-24(32)31-20-12-10-18(11-13-20)17-8-6-4-5-7-9-17/h10-13,15-17,19H,3-9,14H2,1-2H3,(H2,30,31,32)(H3,25,26,27,28)/b29-15+. The predicted molar refractivity (Wildman–Crippen MR) is 133 cm³/mol. The average molecular weight is 454 g/mol. The Morgan fingerprint density at radius 2 is 1.94 bits per heavy atom. The average Bonchev–Trinajstić information content (AvgIpc) is 3.11. The van der Waals surface area contributed by atoms with E-state index in [2.05, 4.69) is 43.2 Å². The number of nitrogens with two attached hydrogens (primary N) is 1. The summed E-state index contributed by atoms with van der Waals surface area (Å²) in [4.78, 5) is 25.5. The molecule has 5 N–H and O–H groups in total. The lowest BCUT2D eigenvalue weighted by molar-refractivity contribution is 0.215. The number of amides is 2. The zero-order valence-electron chi connectivity index (χ0n) is 19.5. The molecule has 1 heterocycles. The summed E-state index contributed by atoms with van der Waals surface area (Å²) in [5.41, 5.74) is 8.61. The highest BCUT2D eigenvalue weighted by molar-refractivity contribution is 5.91. The second-order valence-corrected chi connectivity index (χ2v) is 8.33. The number of carbonyl (C=O) groups excluding carboxylic acids is 1. The van der Waals surface area contributed by atoms with Gasteiger partial charge in [-0.05, 0) is 42.9 Å². The highest BCUT2D eigenvalue weighted by atomic mass is 16.6. The van der Waals surface area contributed by atoms with E-state index in [0.29, 0.717) is 29.7 Å². The van der Waals surface area contributed by atoms with Gasteiger partial charge in [0.1, 0.15) is 25.1 Å². The normalized spacial score (nSPS) is 15.6. The monoisotopic (exact) mass is 453 g/mol. The summed E-state index contributed by atoms with van der Waals surface area (Å²) in [5.74, 6) is 1.46. The van der Waals surface area contributed by atoms with Gasteiger partial charge in [-0.3, -0.25) is 0 Å². The van der Waals surface area contributed by atoms with Crippen molar-refractivity contribution in [3.05, 3.63) is 41.7 Å². The number of hydrogen-bond donors (Lipinski definition) is 4. The van der Waals surface area contributed by atoms with Crippen LogP contribution >= 0.6 is 0 Å². The summed E-state index contributed by atoms with van der Waals surface area (Å²) in [7, 11) is 1.45. The third-order valence-corrected chi connectivity index (χ3v) is 6.04. The third-order valence-electron chi connectivity index (χ3n) is 6.04. The summed E-state index contributed by atoms with van der Waals surface area (Å²) in [6.07, 6.45) is 11.4. The number of hydrogen-bond acceptors (Lipinski definition) is 7. The first-order chi connectivity index (χ1) is 16.1. The Hall–Kier alpha value is -3.36. The van der Waals surface area contributed by atoms with Gasteiger partial charge in [-0.1, -0.05) is 49.9 Å². The van der Waals surface area contributed by atoms with E-state index in [1.165, 1.54) is 63.7 Å². The fraction of sp³-hybridized carbons (Fsp3) is 0.500. The lowest BCUT2D eigenvalue weighted by atomic mass is 9.92. The van der Waals surface area contributed by atoms with Crippen molar-refractivity contribution in [1.82, 2.24) is 15.3 Å². The molecule has 1 aromatic heterocycles. The van der Waals surface area contributed by atoms with Crippen LogP contribution in [-0.4, -0.2) is 41.9 Å². The number of nitrogen functional groups attached to an aromatic ring is 1. The van der Waals surface area contributed by atoms with Crippen LogP contribution < -0.4 is 21.7 Å². The van der Waals surface area contributed by atoms with Gasteiger partial charge in [0.2, 0.25) is 0 Å². The van der Waals surface area contributed by atoms with E-state index in [4.69, 9.17) is 10.6 Å². The van der Waals surface area contributed by atoms with Crippen LogP contribution in [0.3, 0.4) is 0 Å². The van der Waals surface area contributed by atoms with Crippen LogP contribution in [0.5, 0.6) is 0 Å². The maximum absolute atomic E-state index is 12.6. The van der Waals surface area contributed by atoms with Gasteiger partial charge >= 0.3 is 6.03 Å². The van der Waals surface area contributed by atoms with E-state index < -0.39 is 0 Å². The molecule has 178 valence electrons. The molecule has 9 heteroatoms. The minimum atomic E-state index is -0.241. The molecular formula is C24H35N7O2. The molecule has 0 saturated heterocycles. The minimum Gasteiger partial charge on any atom is -0.399 e. The minimum absolute atomic E-state index is 0.112. The van der Waals surface area contributed by atoms with Gasteiger partial charge in [0.05, 0.1) is 11.8 Å². The quantitative estimate of drug-likeness (QED) is 0.252. The summed E-state index contributed by atoms with van der Waals surface area (Å²) >= 11 is 0. The van der Waals surface area contributed by atoms with Crippen molar-refractivity contribution in [2.45, 2.75) is 63.8 Å². The number of oxime groups is 1. The van der Waals surface area contributed by atoms with Crippen molar-refractivity contribution in [2.24, 2.45) is 5.16 Å². The SMILES string of the molecule is CCC(CNc1ncnc(N)c1/C=N/OC)NC(=O)Nc1ccc(C2CCCCCC2)cc1. The van der Waals surface area contributed by atoms with Crippen LogP contribution in [0.4, 0.5) is 22.1 Å². The molecule has 1 aliphatic carbocycles. The lowest BCUT2D eigenvalue weighted by Gasteiger charge is -2.19. The third kappa shape index (κ3) is 7.34. The van der Waals surface area contributed by atoms with Crippen molar-refractivity contribution in [2.75, 3.05) is 30.0 Å². The first-order valence-electron chi connectivity index (χ1n) is 11.7. The molecular weight excluding hydrogens is 418 g/mol. The van der Waals surface area contributed by atoms with Gasteiger partial charge in [-0.15, -0.1) is 0 Å². The molecule has 1 atom stereocenters. The maximum atomic E-state index is 12.6. The van der Waals surface area contributed by atoms with Gasteiger partial charge in [0.15, 0.2) is 0 Å². The van der Waals surface area contributed by atoms with E-state index in [9.17, 15) is 4.79 Å². The molecule has 1 aromatic carbocycles. The van der Waals surface area contributed by atoms with Crippen LogP contribution in [0.2, 0.25) is 0 Å². The topological polar surface area (TPSA) is 127 Å². The summed E-state index contributed by atoms with van der Waals surface area (Å²) in [6.45, 7) is 2.48. The molecule has 1 fully saturated rings. The molecule has 2 amide bonds. The molecule has 3 rings (SSSR count). The van der Waals surface area contributed by atoms with Gasteiger partial charge in [0.25, 0.3) is 0 Å². The lowest BCUT2D eigenvalue weighted by Crippen LogP contribution is -2.41. The van der Waals surface area contributed by atoms with E-state index in [0.717, 1.165) is 12.1 Å². The van der Waals surface area contributed by atoms with Gasteiger partial charge < -0.3 is 26.5 Å². The first-order valence-corrected chi connectivity index (χ1v) is 11.7. The van der Waals surface area contributed by atoms with Crippen LogP contribution in [-0.2, 0) is 4.84 Å². The van der Waals surface area contributed by atoms with Gasteiger partial charge in [-0.25, -0.2) is 14.8 Å². The van der Waals surface area contributed by atoms with Gasteiger partial charge in [-0.2, -0.15) is 0 Å². The highest BCUT2D eigenvalue weighted by Crippen LogP contribution is 2.32. The molecule has 0 bridgehead atoms. The van der Waals surface area contributed by atoms with E-state index in [-0.39, 0.29) is 12.1 Å². The van der Waals surface area contributed by atoms with Crippen molar-refractivity contribution in [1.29, 1.82) is 0 Å². The number of urea groups is 1. The molecule has 1 aliphatic rings. The zero-order chi connectivity index (χ0) is 23.5. The number of benzene rings is 1. The molecule has 9 nitrogen and oxygen atoms in total. The molecule has 0 aliphatic heterocycles. The second kappa shape index (κ2) is 12.6. The summed E-state index contributed by atoms with van der Waals surface area (Å²) < 4.78 is 0. The van der Waals surface area contributed by atoms with E-state index >= 15 is 0 Å². The maximum Gasteiger partial charge on any atom is 0.319 e. The Bertz CT molecular complexity index is 910. The molecule has 33 heavy (non-hydrogen) atoms. The van der Waals surface area contributed by atoms with Crippen molar-refractivity contribution in [3.8, 4) is 0 Å². The fourth-order valence-corrected chi connectivity index (χ4v) is 4.10. The second-order valence-electron chi connectivity index (χ2n) is 8.33. The van der Waals surface area contributed by atoms with Crippen LogP contribution in [0, 0.1) is 0 Å². The number of carbonyl (C=O) groups is 1. The Morgan fingerprint density at radius 3 is 2.61 bits per heavy atom. The number of aromatic nitrogens is 2. The Kier molecular flexibility index (Phi) is 9.29.